The Morgan fingerprint density at radius 1 is 1.20 bits per heavy atom. The summed E-state index contributed by atoms with van der Waals surface area (Å²) in [5.41, 5.74) is 1.12. The minimum atomic E-state index is -0.410. The summed E-state index contributed by atoms with van der Waals surface area (Å²) in [7, 11) is 0. The van der Waals surface area contributed by atoms with Gasteiger partial charge in [-0.1, -0.05) is 32.9 Å². The van der Waals surface area contributed by atoms with Crippen LogP contribution in [0.25, 0.3) is 0 Å². The van der Waals surface area contributed by atoms with Crippen LogP contribution in [0.4, 0.5) is 0 Å². The number of carbonyl (C=O) groups excluding carboxylic acids is 2. The predicted octanol–water partition coefficient (Wildman–Crippen LogP) is 2.49. The van der Waals surface area contributed by atoms with Crippen LogP contribution in [-0.2, 0) is 11.3 Å². The Kier molecular flexibility index (Phi) is 5.31. The van der Waals surface area contributed by atoms with Crippen LogP contribution in [-0.4, -0.2) is 17.9 Å². The van der Waals surface area contributed by atoms with Gasteiger partial charge in [0.05, 0.1) is 0 Å². The average molecular weight is 276 g/mol. The highest BCUT2D eigenvalue weighted by molar-refractivity contribution is 5.94. The highest BCUT2D eigenvalue weighted by atomic mass is 16.2. The van der Waals surface area contributed by atoms with Crippen LogP contribution in [0, 0.1) is 5.41 Å². The summed E-state index contributed by atoms with van der Waals surface area (Å²) in [6.45, 7) is 9.88. The minimum Gasteiger partial charge on any atom is -0.352 e. The monoisotopic (exact) mass is 276 g/mol. The van der Waals surface area contributed by atoms with Gasteiger partial charge in [-0.2, -0.15) is 0 Å². The van der Waals surface area contributed by atoms with Gasteiger partial charge in [0.15, 0.2) is 0 Å². The van der Waals surface area contributed by atoms with Gasteiger partial charge >= 0.3 is 0 Å². The van der Waals surface area contributed by atoms with Crippen molar-refractivity contribution >= 4 is 11.8 Å². The molecule has 0 heterocycles. The molecule has 0 fully saturated rings. The van der Waals surface area contributed by atoms with Crippen LogP contribution >= 0.6 is 0 Å². The van der Waals surface area contributed by atoms with Crippen molar-refractivity contribution in [3.05, 3.63) is 35.4 Å². The van der Waals surface area contributed by atoms with Gasteiger partial charge in [0.2, 0.25) is 5.91 Å². The Morgan fingerprint density at radius 3 is 2.40 bits per heavy atom. The lowest BCUT2D eigenvalue weighted by Crippen LogP contribution is -2.34. The number of nitrogens with one attached hydrogen (secondary N) is 2. The van der Waals surface area contributed by atoms with Gasteiger partial charge < -0.3 is 10.6 Å². The number of rotatable bonds is 4. The van der Waals surface area contributed by atoms with Crippen molar-refractivity contribution in [1.29, 1.82) is 0 Å². The summed E-state index contributed by atoms with van der Waals surface area (Å²) >= 11 is 0. The fourth-order valence-corrected chi connectivity index (χ4v) is 1.62. The second-order valence-electron chi connectivity index (χ2n) is 6.26. The predicted molar refractivity (Wildman–Crippen MR) is 80.3 cm³/mol. The number of benzene rings is 1. The van der Waals surface area contributed by atoms with Crippen molar-refractivity contribution in [2.75, 3.05) is 0 Å². The Morgan fingerprint density at radius 2 is 1.85 bits per heavy atom. The molecule has 1 aromatic rings. The van der Waals surface area contributed by atoms with Crippen LogP contribution in [0.2, 0.25) is 0 Å². The molecule has 2 N–H and O–H groups in total. The van der Waals surface area contributed by atoms with E-state index in [-0.39, 0.29) is 17.9 Å². The maximum atomic E-state index is 11.9. The largest absolute Gasteiger partial charge is 0.352 e. The Hall–Kier alpha value is -1.84. The van der Waals surface area contributed by atoms with Gasteiger partial charge in [-0.05, 0) is 31.5 Å². The fraction of sp³-hybridized carbons (Fsp3) is 0.500. The van der Waals surface area contributed by atoms with E-state index >= 15 is 0 Å². The van der Waals surface area contributed by atoms with E-state index in [9.17, 15) is 9.59 Å². The average Bonchev–Trinajstić information content (AvgIpc) is 2.34. The molecule has 0 saturated carbocycles. The third kappa shape index (κ3) is 5.03. The van der Waals surface area contributed by atoms with Crippen molar-refractivity contribution in [2.45, 2.75) is 47.2 Å². The molecule has 0 unspecified atom stereocenters. The molecule has 2 amide bonds. The van der Waals surface area contributed by atoms with Crippen LogP contribution < -0.4 is 10.6 Å². The second kappa shape index (κ2) is 6.55. The first-order chi connectivity index (χ1) is 9.20. The zero-order valence-electron chi connectivity index (χ0n) is 12.9. The molecule has 0 aliphatic heterocycles. The maximum absolute atomic E-state index is 11.9. The van der Waals surface area contributed by atoms with Crippen LogP contribution in [0.5, 0.6) is 0 Å². The van der Waals surface area contributed by atoms with Gasteiger partial charge in [-0.25, -0.2) is 0 Å². The van der Waals surface area contributed by atoms with E-state index in [2.05, 4.69) is 10.6 Å². The molecule has 0 radical (unpaired) electrons. The number of hydrogen-bond acceptors (Lipinski definition) is 2. The lowest BCUT2D eigenvalue weighted by molar-refractivity contribution is -0.128. The molecule has 0 aliphatic carbocycles. The molecule has 0 aromatic heterocycles. The van der Waals surface area contributed by atoms with Crippen LogP contribution in [0.1, 0.15) is 50.5 Å². The van der Waals surface area contributed by atoms with E-state index in [1.165, 1.54) is 0 Å². The lowest BCUT2D eigenvalue weighted by Gasteiger charge is -2.17. The highest BCUT2D eigenvalue weighted by Gasteiger charge is 2.20. The van der Waals surface area contributed by atoms with E-state index in [4.69, 9.17) is 0 Å². The normalized spacial score (nSPS) is 11.3. The molecule has 110 valence electrons. The Labute approximate surface area is 121 Å². The molecule has 0 aliphatic rings. The molecule has 0 saturated heterocycles. The van der Waals surface area contributed by atoms with Crippen molar-refractivity contribution in [3.8, 4) is 0 Å². The quantitative estimate of drug-likeness (QED) is 0.887. The molecule has 0 spiro atoms. The van der Waals surface area contributed by atoms with Crippen molar-refractivity contribution in [3.63, 3.8) is 0 Å². The second-order valence-corrected chi connectivity index (χ2v) is 6.26. The van der Waals surface area contributed by atoms with E-state index in [0.29, 0.717) is 12.1 Å². The van der Waals surface area contributed by atoms with Gasteiger partial charge in [0.25, 0.3) is 5.91 Å². The number of amides is 2. The topological polar surface area (TPSA) is 58.2 Å². The molecule has 0 bridgehead atoms. The molecule has 1 aromatic carbocycles. The standard InChI is InChI=1S/C16H24N2O2/c1-11(2)18-14(19)13-8-6-7-12(9-13)10-17-15(20)16(3,4)5/h6-9,11H,10H2,1-5H3,(H,17,20)(H,18,19). The smallest absolute Gasteiger partial charge is 0.251 e. The molecule has 4 nitrogen and oxygen atoms in total. The van der Waals surface area contributed by atoms with E-state index in [1.807, 2.05) is 46.8 Å². The van der Waals surface area contributed by atoms with Gasteiger partial charge in [0, 0.05) is 23.6 Å². The van der Waals surface area contributed by atoms with Crippen molar-refractivity contribution < 1.29 is 9.59 Å². The molecular weight excluding hydrogens is 252 g/mol. The van der Waals surface area contributed by atoms with Crippen molar-refractivity contribution in [1.82, 2.24) is 10.6 Å². The van der Waals surface area contributed by atoms with E-state index < -0.39 is 5.41 Å². The Bertz CT molecular complexity index is 487. The summed E-state index contributed by atoms with van der Waals surface area (Å²) < 4.78 is 0. The number of carbonyl (C=O) groups is 2. The summed E-state index contributed by atoms with van der Waals surface area (Å²) in [5.74, 6) is -0.0986. The first-order valence-corrected chi connectivity index (χ1v) is 6.88. The van der Waals surface area contributed by atoms with Crippen molar-refractivity contribution in [2.24, 2.45) is 5.41 Å². The van der Waals surface area contributed by atoms with Gasteiger partial charge in [0.1, 0.15) is 0 Å². The molecule has 1 rings (SSSR count). The lowest BCUT2D eigenvalue weighted by atomic mass is 9.95. The zero-order chi connectivity index (χ0) is 15.3. The summed E-state index contributed by atoms with van der Waals surface area (Å²) in [5, 5.41) is 5.72. The Balaban J connectivity index is 2.69. The van der Waals surface area contributed by atoms with E-state index in [0.717, 1.165) is 5.56 Å². The first kappa shape index (κ1) is 16.2. The zero-order valence-corrected chi connectivity index (χ0v) is 12.9. The first-order valence-electron chi connectivity index (χ1n) is 6.88. The highest BCUT2D eigenvalue weighted by Crippen LogP contribution is 2.13. The van der Waals surface area contributed by atoms with Crippen LogP contribution in [0.15, 0.2) is 24.3 Å². The maximum Gasteiger partial charge on any atom is 0.251 e. The van der Waals surface area contributed by atoms with Crippen LogP contribution in [0.3, 0.4) is 0 Å². The summed E-state index contributed by atoms with van der Waals surface area (Å²) in [6, 6.07) is 7.41. The molecule has 20 heavy (non-hydrogen) atoms. The van der Waals surface area contributed by atoms with E-state index in [1.54, 1.807) is 12.1 Å². The number of hydrogen-bond donors (Lipinski definition) is 2. The summed E-state index contributed by atoms with van der Waals surface area (Å²) in [4.78, 5) is 23.7. The third-order valence-electron chi connectivity index (χ3n) is 2.74. The minimum absolute atomic E-state index is 0.00506. The molecule has 4 heteroatoms. The molecular formula is C16H24N2O2. The summed E-state index contributed by atoms with van der Waals surface area (Å²) in [6.07, 6.45) is 0. The van der Waals surface area contributed by atoms with Gasteiger partial charge in [-0.15, -0.1) is 0 Å². The third-order valence-corrected chi connectivity index (χ3v) is 2.74. The fourth-order valence-electron chi connectivity index (χ4n) is 1.62. The van der Waals surface area contributed by atoms with Gasteiger partial charge in [-0.3, -0.25) is 9.59 Å². The molecule has 0 atom stereocenters. The SMILES string of the molecule is CC(C)NC(=O)c1cccc(CNC(=O)C(C)(C)C)c1.